The summed E-state index contributed by atoms with van der Waals surface area (Å²) in [5.74, 6) is 2.75. The molecular formula is C26H26N4O4. The predicted octanol–water partition coefficient (Wildman–Crippen LogP) is 5.63. The van der Waals surface area contributed by atoms with Gasteiger partial charge in [0.25, 0.3) is 0 Å². The van der Waals surface area contributed by atoms with Crippen molar-refractivity contribution in [1.82, 2.24) is 15.1 Å². The summed E-state index contributed by atoms with van der Waals surface area (Å²) in [5, 5.41) is 6.88. The smallest absolute Gasteiger partial charge is 0.243 e. The monoisotopic (exact) mass is 458 g/mol. The van der Waals surface area contributed by atoms with E-state index in [4.69, 9.17) is 14.0 Å². The molecule has 0 unspecified atom stereocenters. The first-order valence-electron chi connectivity index (χ1n) is 11.0. The van der Waals surface area contributed by atoms with Gasteiger partial charge in [-0.05, 0) is 47.9 Å². The lowest BCUT2D eigenvalue weighted by molar-refractivity contribution is -0.116. The Hall–Kier alpha value is -4.20. The fourth-order valence-corrected chi connectivity index (χ4v) is 3.25. The molecule has 34 heavy (non-hydrogen) atoms. The quantitative estimate of drug-likeness (QED) is 0.347. The number of aryl methyl sites for hydroxylation is 1. The zero-order valence-corrected chi connectivity index (χ0v) is 19.3. The van der Waals surface area contributed by atoms with Crippen LogP contribution in [0.15, 0.2) is 71.4 Å². The second-order valence-electron chi connectivity index (χ2n) is 7.97. The van der Waals surface area contributed by atoms with Crippen LogP contribution in [0.4, 0.5) is 5.69 Å². The molecule has 0 aliphatic rings. The van der Waals surface area contributed by atoms with Crippen molar-refractivity contribution in [3.63, 3.8) is 0 Å². The first-order chi connectivity index (χ1) is 16.5. The average Bonchev–Trinajstić information content (AvgIpc) is 3.34. The molecule has 2 aromatic carbocycles. The summed E-state index contributed by atoms with van der Waals surface area (Å²) >= 11 is 0. The molecule has 0 saturated heterocycles. The number of carbonyl (C=O) groups excluding carboxylic acids is 1. The fourth-order valence-electron chi connectivity index (χ4n) is 3.25. The number of nitrogens with one attached hydrogen (secondary N) is 1. The zero-order valence-electron chi connectivity index (χ0n) is 19.3. The van der Waals surface area contributed by atoms with Crippen molar-refractivity contribution in [2.24, 2.45) is 0 Å². The molecule has 0 fully saturated rings. The van der Waals surface area contributed by atoms with Crippen LogP contribution in [0, 0.1) is 0 Å². The molecule has 4 rings (SSSR count). The van der Waals surface area contributed by atoms with Crippen LogP contribution in [-0.4, -0.2) is 28.1 Å². The lowest BCUT2D eigenvalue weighted by Crippen LogP contribution is -2.13. The Balaban J connectivity index is 1.35. The highest BCUT2D eigenvalue weighted by molar-refractivity contribution is 5.92. The Bertz CT molecular complexity index is 1230. The minimum Gasteiger partial charge on any atom is -0.497 e. The number of methoxy groups -OCH3 is 1. The van der Waals surface area contributed by atoms with E-state index in [1.807, 2.05) is 12.1 Å². The summed E-state index contributed by atoms with van der Waals surface area (Å²) in [5.41, 5.74) is 2.59. The van der Waals surface area contributed by atoms with Gasteiger partial charge in [0.05, 0.1) is 7.11 Å². The van der Waals surface area contributed by atoms with Gasteiger partial charge in [-0.1, -0.05) is 43.3 Å². The highest BCUT2D eigenvalue weighted by Gasteiger charge is 2.14. The molecule has 2 heterocycles. The van der Waals surface area contributed by atoms with Crippen molar-refractivity contribution < 1.29 is 18.8 Å². The number of hydrogen-bond donors (Lipinski definition) is 1. The number of ether oxygens (including phenoxy) is 2. The number of hydrogen-bond acceptors (Lipinski definition) is 7. The third kappa shape index (κ3) is 5.78. The summed E-state index contributed by atoms with van der Waals surface area (Å²) < 4.78 is 16.3. The number of aromatic nitrogens is 3. The SMILES string of the molecule is COc1ccc(Oc2ncccc2NC(=O)CCc2nc(-c3ccc(C(C)C)cc3)no2)cc1. The molecule has 0 spiro atoms. The first kappa shape index (κ1) is 23.0. The van der Waals surface area contributed by atoms with Gasteiger partial charge in [0.1, 0.15) is 17.2 Å². The largest absolute Gasteiger partial charge is 0.497 e. The highest BCUT2D eigenvalue weighted by Crippen LogP contribution is 2.28. The molecule has 2 aromatic heterocycles. The van der Waals surface area contributed by atoms with Crippen LogP contribution in [0.25, 0.3) is 11.4 Å². The van der Waals surface area contributed by atoms with E-state index in [2.05, 4.69) is 46.4 Å². The Kier molecular flexibility index (Phi) is 7.17. The van der Waals surface area contributed by atoms with Crippen molar-refractivity contribution in [2.75, 3.05) is 12.4 Å². The van der Waals surface area contributed by atoms with E-state index < -0.39 is 0 Å². The van der Waals surface area contributed by atoms with Gasteiger partial charge in [-0.3, -0.25) is 4.79 Å². The van der Waals surface area contributed by atoms with Crippen molar-refractivity contribution in [1.29, 1.82) is 0 Å². The first-order valence-corrected chi connectivity index (χ1v) is 11.0. The van der Waals surface area contributed by atoms with Crippen LogP contribution in [0.5, 0.6) is 17.4 Å². The molecule has 4 aromatic rings. The fraction of sp³-hybridized carbons (Fsp3) is 0.231. The van der Waals surface area contributed by atoms with Gasteiger partial charge in [0, 0.05) is 24.6 Å². The Morgan fingerprint density at radius 2 is 1.76 bits per heavy atom. The molecule has 0 aliphatic carbocycles. The van der Waals surface area contributed by atoms with E-state index in [1.165, 1.54) is 5.56 Å². The van der Waals surface area contributed by atoms with Crippen molar-refractivity contribution >= 4 is 11.6 Å². The van der Waals surface area contributed by atoms with Crippen LogP contribution in [0.3, 0.4) is 0 Å². The predicted molar refractivity (Wildman–Crippen MR) is 128 cm³/mol. The maximum absolute atomic E-state index is 12.6. The molecule has 1 amide bonds. The van der Waals surface area contributed by atoms with E-state index in [0.29, 0.717) is 41.4 Å². The summed E-state index contributed by atoms with van der Waals surface area (Å²) in [4.78, 5) is 21.2. The van der Waals surface area contributed by atoms with Crippen LogP contribution in [0.2, 0.25) is 0 Å². The Morgan fingerprint density at radius 1 is 1.03 bits per heavy atom. The molecule has 8 nitrogen and oxygen atoms in total. The molecule has 8 heteroatoms. The Morgan fingerprint density at radius 3 is 2.47 bits per heavy atom. The molecular weight excluding hydrogens is 432 g/mol. The molecule has 0 bridgehead atoms. The van der Waals surface area contributed by atoms with Crippen molar-refractivity contribution in [2.45, 2.75) is 32.6 Å². The van der Waals surface area contributed by atoms with E-state index >= 15 is 0 Å². The number of rotatable bonds is 9. The van der Waals surface area contributed by atoms with Crippen LogP contribution in [0.1, 0.15) is 37.6 Å². The second kappa shape index (κ2) is 10.6. The molecule has 1 N–H and O–H groups in total. The van der Waals surface area contributed by atoms with E-state index in [1.54, 1.807) is 49.7 Å². The number of pyridine rings is 1. The van der Waals surface area contributed by atoms with Crippen LogP contribution >= 0.6 is 0 Å². The molecule has 174 valence electrons. The average molecular weight is 459 g/mol. The summed E-state index contributed by atoms with van der Waals surface area (Å²) in [7, 11) is 1.60. The second-order valence-corrected chi connectivity index (χ2v) is 7.97. The normalized spacial score (nSPS) is 10.8. The summed E-state index contributed by atoms with van der Waals surface area (Å²) in [6.45, 7) is 4.29. The topological polar surface area (TPSA) is 99.4 Å². The lowest BCUT2D eigenvalue weighted by atomic mass is 10.0. The lowest BCUT2D eigenvalue weighted by Gasteiger charge is -2.11. The zero-order chi connectivity index (χ0) is 23.9. The van der Waals surface area contributed by atoms with E-state index in [-0.39, 0.29) is 12.3 Å². The summed E-state index contributed by atoms with van der Waals surface area (Å²) in [6.07, 6.45) is 2.09. The third-order valence-electron chi connectivity index (χ3n) is 5.19. The van der Waals surface area contributed by atoms with Crippen molar-refractivity contribution in [3.8, 4) is 28.8 Å². The van der Waals surface area contributed by atoms with Gasteiger partial charge < -0.3 is 19.3 Å². The van der Waals surface area contributed by atoms with Gasteiger partial charge in [0.2, 0.25) is 23.5 Å². The number of nitrogens with zero attached hydrogens (tertiary/aromatic N) is 3. The van der Waals surface area contributed by atoms with Crippen LogP contribution in [-0.2, 0) is 11.2 Å². The minimum absolute atomic E-state index is 0.171. The number of carbonyl (C=O) groups is 1. The number of anilines is 1. The van der Waals surface area contributed by atoms with Gasteiger partial charge in [0.15, 0.2) is 0 Å². The van der Waals surface area contributed by atoms with E-state index in [0.717, 1.165) is 11.3 Å². The third-order valence-corrected chi connectivity index (χ3v) is 5.19. The van der Waals surface area contributed by atoms with Gasteiger partial charge in [-0.15, -0.1) is 0 Å². The highest BCUT2D eigenvalue weighted by atomic mass is 16.5. The maximum atomic E-state index is 12.6. The molecule has 0 saturated carbocycles. The van der Waals surface area contributed by atoms with Crippen molar-refractivity contribution in [3.05, 3.63) is 78.3 Å². The van der Waals surface area contributed by atoms with Gasteiger partial charge in [-0.25, -0.2) is 4.98 Å². The van der Waals surface area contributed by atoms with Crippen LogP contribution < -0.4 is 14.8 Å². The minimum atomic E-state index is -0.214. The standard InChI is InChI=1S/C26H26N4O4/c1-17(2)18-6-8-19(9-7-18)25-29-24(34-30-25)15-14-23(31)28-22-5-4-16-27-26(22)33-21-12-10-20(32-3)11-13-21/h4-13,16-17H,14-15H2,1-3H3,(H,28,31). The maximum Gasteiger partial charge on any atom is 0.243 e. The molecule has 0 radical (unpaired) electrons. The Labute approximate surface area is 198 Å². The summed E-state index contributed by atoms with van der Waals surface area (Å²) in [6, 6.07) is 18.6. The van der Waals surface area contributed by atoms with Gasteiger partial charge >= 0.3 is 0 Å². The molecule has 0 aliphatic heterocycles. The number of benzene rings is 2. The number of amides is 1. The molecule has 0 atom stereocenters. The van der Waals surface area contributed by atoms with Gasteiger partial charge in [-0.2, -0.15) is 4.98 Å². The van der Waals surface area contributed by atoms with E-state index in [9.17, 15) is 4.79 Å².